The zero-order valence-electron chi connectivity index (χ0n) is 9.16. The van der Waals surface area contributed by atoms with Crippen LogP contribution in [0, 0.1) is 11.8 Å². The van der Waals surface area contributed by atoms with Gasteiger partial charge in [0.25, 0.3) is 0 Å². The molecule has 3 atom stereocenters. The third-order valence-electron chi connectivity index (χ3n) is 3.73. The van der Waals surface area contributed by atoms with Crippen molar-refractivity contribution in [1.82, 2.24) is 0 Å². The highest BCUT2D eigenvalue weighted by atomic mass is 35.5. The second-order valence-electron chi connectivity index (χ2n) is 4.78. The third-order valence-corrected chi connectivity index (χ3v) is 4.31. The number of aromatic hydroxyl groups is 1. The van der Waals surface area contributed by atoms with Gasteiger partial charge in [-0.15, -0.1) is 0 Å². The highest BCUT2D eigenvalue weighted by molar-refractivity contribution is 6.37. The van der Waals surface area contributed by atoms with Crippen LogP contribution in [-0.4, -0.2) is 11.1 Å². The monoisotopic (exact) mass is 269 g/mol. The summed E-state index contributed by atoms with van der Waals surface area (Å²) in [4.78, 5) is 0. The summed E-state index contributed by atoms with van der Waals surface area (Å²) < 4.78 is 0. The van der Waals surface area contributed by atoms with Gasteiger partial charge in [-0.1, -0.05) is 35.4 Å². The Morgan fingerprint density at radius 1 is 1.24 bits per heavy atom. The Labute approximate surface area is 110 Å². The molecule has 1 aromatic carbocycles. The molecule has 1 aromatic rings. The van der Waals surface area contributed by atoms with Crippen molar-refractivity contribution >= 4 is 28.9 Å². The fraction of sp³-hybridized carbons (Fsp3) is 0.385. The van der Waals surface area contributed by atoms with E-state index in [0.717, 1.165) is 11.6 Å². The van der Waals surface area contributed by atoms with Gasteiger partial charge in [-0.3, -0.25) is 0 Å². The van der Waals surface area contributed by atoms with Crippen molar-refractivity contribution in [2.24, 2.45) is 11.8 Å². The van der Waals surface area contributed by atoms with Crippen molar-refractivity contribution in [2.45, 2.75) is 18.9 Å². The maximum Gasteiger partial charge on any atom is 0.152 e. The summed E-state index contributed by atoms with van der Waals surface area (Å²) in [6.07, 6.45) is 6.94. The third kappa shape index (κ3) is 1.90. The molecule has 4 heteroatoms. The van der Waals surface area contributed by atoms with Gasteiger partial charge in [-0.2, -0.15) is 0 Å². The number of benzene rings is 1. The minimum Gasteiger partial charge on any atom is -0.505 e. The van der Waals surface area contributed by atoms with E-state index in [1.807, 2.05) is 0 Å². The molecule has 0 amide bonds. The van der Waals surface area contributed by atoms with Crippen molar-refractivity contribution in [3.8, 4) is 5.75 Å². The molecule has 1 fully saturated rings. The van der Waals surface area contributed by atoms with E-state index in [-0.39, 0.29) is 15.8 Å². The molecule has 1 saturated carbocycles. The number of phenolic OH excluding ortho intramolecular Hbond substituents is 1. The molecular weight excluding hydrogens is 257 g/mol. The fourth-order valence-corrected chi connectivity index (χ4v) is 3.23. The first-order valence-electron chi connectivity index (χ1n) is 5.76. The largest absolute Gasteiger partial charge is 0.505 e. The maximum absolute atomic E-state index is 9.48. The van der Waals surface area contributed by atoms with E-state index in [0.29, 0.717) is 12.0 Å². The molecular formula is C13H13Cl2NO. The van der Waals surface area contributed by atoms with Gasteiger partial charge in [-0.05, 0) is 30.9 Å². The van der Waals surface area contributed by atoms with Crippen LogP contribution in [0.4, 0.5) is 5.69 Å². The standard InChI is InChI=1S/C13H13Cl2NO/c14-10-5-8(6-11(15)13(10)17)16-12-4-7-2-1-3-9(7)12/h1,3,5-7,9,12,16-17H,2,4H2. The second kappa shape index (κ2) is 4.11. The topological polar surface area (TPSA) is 32.3 Å². The Hall–Kier alpha value is -0.860. The zero-order chi connectivity index (χ0) is 12.0. The number of allylic oxidation sites excluding steroid dienone is 1. The molecule has 2 nitrogen and oxygen atoms in total. The number of anilines is 1. The lowest BCUT2D eigenvalue weighted by Gasteiger charge is -2.41. The Morgan fingerprint density at radius 2 is 1.94 bits per heavy atom. The lowest BCUT2D eigenvalue weighted by atomic mass is 9.71. The van der Waals surface area contributed by atoms with Gasteiger partial charge in [0, 0.05) is 17.6 Å². The average molecular weight is 270 g/mol. The molecule has 90 valence electrons. The van der Waals surface area contributed by atoms with E-state index in [1.165, 1.54) is 12.8 Å². The summed E-state index contributed by atoms with van der Waals surface area (Å²) in [6.45, 7) is 0. The maximum atomic E-state index is 9.48. The minimum atomic E-state index is -0.0499. The van der Waals surface area contributed by atoms with E-state index in [2.05, 4.69) is 17.5 Å². The van der Waals surface area contributed by atoms with Gasteiger partial charge in [0.05, 0.1) is 10.0 Å². The van der Waals surface area contributed by atoms with Gasteiger partial charge in [0.2, 0.25) is 0 Å². The van der Waals surface area contributed by atoms with E-state index in [4.69, 9.17) is 23.2 Å². The predicted octanol–water partition coefficient (Wildman–Crippen LogP) is 4.08. The first-order valence-corrected chi connectivity index (χ1v) is 6.52. The lowest BCUT2D eigenvalue weighted by molar-refractivity contribution is 0.218. The highest BCUT2D eigenvalue weighted by Crippen LogP contribution is 2.44. The number of hydrogen-bond donors (Lipinski definition) is 2. The second-order valence-corrected chi connectivity index (χ2v) is 5.59. The van der Waals surface area contributed by atoms with Crippen molar-refractivity contribution < 1.29 is 5.11 Å². The highest BCUT2D eigenvalue weighted by Gasteiger charge is 2.40. The fourth-order valence-electron chi connectivity index (χ4n) is 2.75. The molecule has 3 rings (SSSR count). The van der Waals surface area contributed by atoms with Crippen LogP contribution in [-0.2, 0) is 0 Å². The molecule has 0 heterocycles. The predicted molar refractivity (Wildman–Crippen MR) is 70.9 cm³/mol. The van der Waals surface area contributed by atoms with Crippen LogP contribution in [0.15, 0.2) is 24.3 Å². The van der Waals surface area contributed by atoms with Gasteiger partial charge >= 0.3 is 0 Å². The number of hydrogen-bond acceptors (Lipinski definition) is 2. The molecule has 0 saturated heterocycles. The van der Waals surface area contributed by atoms with Crippen molar-refractivity contribution in [3.63, 3.8) is 0 Å². The van der Waals surface area contributed by atoms with Crippen LogP contribution < -0.4 is 5.32 Å². The number of phenols is 1. The lowest BCUT2D eigenvalue weighted by Crippen LogP contribution is -2.43. The van der Waals surface area contributed by atoms with Crippen molar-refractivity contribution in [2.75, 3.05) is 5.32 Å². The van der Waals surface area contributed by atoms with Gasteiger partial charge in [-0.25, -0.2) is 0 Å². The van der Waals surface area contributed by atoms with E-state index >= 15 is 0 Å². The number of halogens is 2. The molecule has 0 bridgehead atoms. The summed E-state index contributed by atoms with van der Waals surface area (Å²) in [5.74, 6) is 1.41. The molecule has 2 aliphatic carbocycles. The van der Waals surface area contributed by atoms with Crippen LogP contribution in [0.3, 0.4) is 0 Å². The average Bonchev–Trinajstić information content (AvgIpc) is 2.64. The SMILES string of the molecule is Oc1c(Cl)cc(NC2CC3CC=CC32)cc1Cl. The Balaban J connectivity index is 1.75. The van der Waals surface area contributed by atoms with Crippen LogP contribution in [0.5, 0.6) is 5.75 Å². The summed E-state index contributed by atoms with van der Waals surface area (Å²) in [6, 6.07) is 3.90. The Kier molecular flexibility index (Phi) is 2.72. The van der Waals surface area contributed by atoms with Crippen LogP contribution in [0.1, 0.15) is 12.8 Å². The summed E-state index contributed by atoms with van der Waals surface area (Å²) >= 11 is 11.8. The number of fused-ring (bicyclic) bond motifs is 1. The first-order chi connectivity index (χ1) is 8.15. The van der Waals surface area contributed by atoms with Crippen molar-refractivity contribution in [3.05, 3.63) is 34.3 Å². The van der Waals surface area contributed by atoms with Gasteiger partial charge in [0.15, 0.2) is 5.75 Å². The molecule has 2 N–H and O–H groups in total. The minimum absolute atomic E-state index is 0.0499. The van der Waals surface area contributed by atoms with Gasteiger partial charge in [0.1, 0.15) is 0 Å². The van der Waals surface area contributed by atoms with Gasteiger partial charge < -0.3 is 10.4 Å². The van der Waals surface area contributed by atoms with E-state index in [1.54, 1.807) is 12.1 Å². The smallest absolute Gasteiger partial charge is 0.152 e. The van der Waals surface area contributed by atoms with Crippen LogP contribution >= 0.6 is 23.2 Å². The van der Waals surface area contributed by atoms with Crippen LogP contribution in [0.25, 0.3) is 0 Å². The molecule has 0 aromatic heterocycles. The molecule has 2 aliphatic rings. The zero-order valence-corrected chi connectivity index (χ0v) is 10.7. The summed E-state index contributed by atoms with van der Waals surface area (Å²) in [5.41, 5.74) is 0.876. The van der Waals surface area contributed by atoms with E-state index in [9.17, 15) is 5.11 Å². The molecule has 17 heavy (non-hydrogen) atoms. The summed E-state index contributed by atoms with van der Waals surface area (Å²) in [7, 11) is 0. The molecule has 3 unspecified atom stereocenters. The normalized spacial score (nSPS) is 29.9. The number of rotatable bonds is 2. The molecule has 0 spiro atoms. The first kappa shape index (κ1) is 11.2. The van der Waals surface area contributed by atoms with Crippen molar-refractivity contribution in [1.29, 1.82) is 0 Å². The van der Waals surface area contributed by atoms with Crippen LogP contribution in [0.2, 0.25) is 10.0 Å². The summed E-state index contributed by atoms with van der Waals surface area (Å²) in [5, 5.41) is 13.5. The number of nitrogens with one attached hydrogen (secondary N) is 1. The quantitative estimate of drug-likeness (QED) is 0.627. The Bertz CT molecular complexity index is 463. The molecule has 0 aliphatic heterocycles. The van der Waals surface area contributed by atoms with E-state index < -0.39 is 0 Å². The Morgan fingerprint density at radius 3 is 2.59 bits per heavy atom. The molecule has 0 radical (unpaired) electrons.